The van der Waals surface area contributed by atoms with Crippen molar-refractivity contribution in [2.75, 3.05) is 13.7 Å². The average Bonchev–Trinajstić information content (AvgIpc) is 2.78. The Balaban J connectivity index is 1.62. The first-order chi connectivity index (χ1) is 15.0. The van der Waals surface area contributed by atoms with Crippen LogP contribution in [-0.4, -0.2) is 29.5 Å². The molecule has 2 aromatic rings. The summed E-state index contributed by atoms with van der Waals surface area (Å²) in [6.45, 7) is 5.33. The van der Waals surface area contributed by atoms with Crippen LogP contribution in [0.25, 0.3) is 0 Å². The van der Waals surface area contributed by atoms with Gasteiger partial charge >= 0.3 is 0 Å². The number of methoxy groups -OCH3 is 1. The van der Waals surface area contributed by atoms with E-state index in [1.54, 1.807) is 7.11 Å². The summed E-state index contributed by atoms with van der Waals surface area (Å²) in [5.74, 6) is 1.50. The molecule has 5 nitrogen and oxygen atoms in total. The molecule has 0 aromatic heterocycles. The van der Waals surface area contributed by atoms with Crippen LogP contribution >= 0.6 is 12.2 Å². The molecule has 162 valence electrons. The van der Waals surface area contributed by atoms with E-state index in [2.05, 4.69) is 48.3 Å². The maximum absolute atomic E-state index is 12.9. The van der Waals surface area contributed by atoms with Crippen molar-refractivity contribution in [1.29, 1.82) is 0 Å². The highest BCUT2D eigenvalue weighted by Gasteiger charge is 2.36. The molecule has 31 heavy (non-hydrogen) atoms. The van der Waals surface area contributed by atoms with E-state index >= 15 is 0 Å². The summed E-state index contributed by atoms with van der Waals surface area (Å²) in [5, 5.41) is 4.05. The fraction of sp³-hybridized carbons (Fsp3) is 0.360. The molecule has 1 heterocycles. The summed E-state index contributed by atoms with van der Waals surface area (Å²) < 4.78 is 11.6. The topological polar surface area (TPSA) is 50.8 Å². The van der Waals surface area contributed by atoms with E-state index in [9.17, 15) is 4.79 Å². The van der Waals surface area contributed by atoms with E-state index in [-0.39, 0.29) is 11.8 Å². The SMILES string of the molecule is CCN1C(=S)NC(c2ccc(OCc3ccc(C)cc3)c(OC)c2)C2=C1CCCC2=O. The van der Waals surface area contributed by atoms with E-state index in [4.69, 9.17) is 21.7 Å². The number of carbonyl (C=O) groups is 1. The molecule has 0 amide bonds. The number of hydrogen-bond donors (Lipinski definition) is 1. The minimum absolute atomic E-state index is 0.193. The molecule has 0 saturated carbocycles. The highest BCUT2D eigenvalue weighted by Crippen LogP contribution is 2.39. The number of nitrogens with one attached hydrogen (secondary N) is 1. The maximum Gasteiger partial charge on any atom is 0.173 e. The summed E-state index contributed by atoms with van der Waals surface area (Å²) in [6, 6.07) is 13.8. The third kappa shape index (κ3) is 4.30. The van der Waals surface area contributed by atoms with Crippen LogP contribution in [0.1, 0.15) is 48.9 Å². The van der Waals surface area contributed by atoms with Gasteiger partial charge in [-0.15, -0.1) is 0 Å². The van der Waals surface area contributed by atoms with Crippen molar-refractivity contribution in [2.24, 2.45) is 0 Å². The van der Waals surface area contributed by atoms with Gasteiger partial charge in [0.15, 0.2) is 22.4 Å². The third-order valence-electron chi connectivity index (χ3n) is 5.91. The Kier molecular flexibility index (Phi) is 6.28. The second-order valence-corrected chi connectivity index (χ2v) is 8.34. The first-order valence-corrected chi connectivity index (χ1v) is 11.1. The molecule has 1 aliphatic carbocycles. The second kappa shape index (κ2) is 9.10. The lowest BCUT2D eigenvalue weighted by atomic mass is 9.84. The Morgan fingerprint density at radius 2 is 1.90 bits per heavy atom. The lowest BCUT2D eigenvalue weighted by Gasteiger charge is -2.40. The smallest absolute Gasteiger partial charge is 0.173 e. The lowest BCUT2D eigenvalue weighted by Crippen LogP contribution is -2.49. The normalized spacial score (nSPS) is 18.5. The van der Waals surface area contributed by atoms with Gasteiger partial charge in [-0.1, -0.05) is 35.9 Å². The van der Waals surface area contributed by atoms with E-state index in [0.717, 1.165) is 41.8 Å². The van der Waals surface area contributed by atoms with Crippen molar-refractivity contribution in [3.8, 4) is 11.5 Å². The number of hydrogen-bond acceptors (Lipinski definition) is 4. The molecule has 1 atom stereocenters. The summed E-state index contributed by atoms with van der Waals surface area (Å²) >= 11 is 5.62. The third-order valence-corrected chi connectivity index (χ3v) is 6.25. The van der Waals surface area contributed by atoms with E-state index in [1.807, 2.05) is 18.2 Å². The largest absolute Gasteiger partial charge is 0.493 e. The molecule has 0 saturated heterocycles. The number of ether oxygens (including phenoxy) is 2. The molecular weight excluding hydrogens is 408 g/mol. The van der Waals surface area contributed by atoms with Gasteiger partial charge in [-0.2, -0.15) is 0 Å². The van der Waals surface area contributed by atoms with Gasteiger partial charge in [0.25, 0.3) is 0 Å². The zero-order valence-electron chi connectivity index (χ0n) is 18.2. The van der Waals surface area contributed by atoms with Crippen LogP contribution in [-0.2, 0) is 11.4 Å². The molecule has 1 aliphatic heterocycles. The van der Waals surface area contributed by atoms with Crippen molar-refractivity contribution in [1.82, 2.24) is 10.2 Å². The number of nitrogens with zero attached hydrogens (tertiary/aromatic N) is 1. The van der Waals surface area contributed by atoms with Crippen LogP contribution in [0.5, 0.6) is 11.5 Å². The molecular formula is C25H28N2O3S. The zero-order valence-corrected chi connectivity index (χ0v) is 19.1. The summed E-state index contributed by atoms with van der Waals surface area (Å²) in [6.07, 6.45) is 2.33. The quantitative estimate of drug-likeness (QED) is 0.654. The Hall–Kier alpha value is -2.86. The van der Waals surface area contributed by atoms with Crippen molar-refractivity contribution in [2.45, 2.75) is 45.8 Å². The molecule has 1 N–H and O–H groups in total. The van der Waals surface area contributed by atoms with Gasteiger partial charge in [-0.25, -0.2) is 0 Å². The van der Waals surface area contributed by atoms with Crippen LogP contribution in [0, 0.1) is 6.92 Å². The van der Waals surface area contributed by atoms with E-state index in [0.29, 0.717) is 29.6 Å². The van der Waals surface area contributed by atoms with Gasteiger partial charge in [0, 0.05) is 24.2 Å². The summed E-state index contributed by atoms with van der Waals surface area (Å²) in [5.41, 5.74) is 5.15. The number of carbonyl (C=O) groups excluding carboxylic acids is 1. The molecule has 4 rings (SSSR count). The second-order valence-electron chi connectivity index (χ2n) is 7.95. The number of aryl methyl sites for hydroxylation is 1. The predicted molar refractivity (Wildman–Crippen MR) is 125 cm³/mol. The van der Waals surface area contributed by atoms with Crippen LogP contribution in [0.2, 0.25) is 0 Å². The minimum Gasteiger partial charge on any atom is -0.493 e. The molecule has 2 aliphatic rings. The van der Waals surface area contributed by atoms with Gasteiger partial charge < -0.3 is 19.7 Å². The number of thiocarbonyl (C=S) groups is 1. The molecule has 6 heteroatoms. The Bertz CT molecular complexity index is 1030. The average molecular weight is 437 g/mol. The predicted octanol–water partition coefficient (Wildman–Crippen LogP) is 4.84. The summed E-state index contributed by atoms with van der Waals surface area (Å²) in [4.78, 5) is 14.9. The molecule has 0 radical (unpaired) electrons. The van der Waals surface area contributed by atoms with Gasteiger partial charge in [0.05, 0.1) is 13.2 Å². The number of allylic oxidation sites excluding steroid dienone is 1. The van der Waals surface area contributed by atoms with E-state index < -0.39 is 0 Å². The van der Waals surface area contributed by atoms with Gasteiger partial charge in [0.2, 0.25) is 0 Å². The fourth-order valence-corrected chi connectivity index (χ4v) is 4.62. The van der Waals surface area contributed by atoms with Crippen LogP contribution in [0.4, 0.5) is 0 Å². The Morgan fingerprint density at radius 1 is 1.13 bits per heavy atom. The number of benzene rings is 2. The van der Waals surface area contributed by atoms with Gasteiger partial charge in [-0.3, -0.25) is 4.79 Å². The fourth-order valence-electron chi connectivity index (χ4n) is 4.26. The molecule has 1 unspecified atom stereocenters. The van der Waals surface area contributed by atoms with E-state index in [1.165, 1.54) is 5.56 Å². The van der Waals surface area contributed by atoms with Gasteiger partial charge in [-0.05, 0) is 62.2 Å². The number of rotatable bonds is 6. The molecule has 0 spiro atoms. The lowest BCUT2D eigenvalue weighted by molar-refractivity contribution is -0.116. The van der Waals surface area contributed by atoms with Crippen LogP contribution in [0.3, 0.4) is 0 Å². The maximum atomic E-state index is 12.9. The van der Waals surface area contributed by atoms with Crippen LogP contribution in [0.15, 0.2) is 53.7 Å². The summed E-state index contributed by atoms with van der Waals surface area (Å²) in [7, 11) is 1.63. The van der Waals surface area contributed by atoms with Crippen molar-refractivity contribution in [3.05, 3.63) is 70.4 Å². The monoisotopic (exact) mass is 436 g/mol. The van der Waals surface area contributed by atoms with Crippen molar-refractivity contribution < 1.29 is 14.3 Å². The van der Waals surface area contributed by atoms with Crippen molar-refractivity contribution >= 4 is 23.1 Å². The number of Topliss-reactive ketones (excluding diaryl/α,β-unsaturated/α-hetero) is 1. The molecule has 0 fully saturated rings. The Labute approximate surface area is 189 Å². The first kappa shape index (κ1) is 21.4. The van der Waals surface area contributed by atoms with Crippen LogP contribution < -0.4 is 14.8 Å². The zero-order chi connectivity index (χ0) is 22.0. The molecule has 2 aromatic carbocycles. The standard InChI is InChI=1S/C25H28N2O3S/c1-4-27-19-6-5-7-20(28)23(19)24(26-25(27)31)18-12-13-21(22(14-18)29-3)30-15-17-10-8-16(2)9-11-17/h8-14,24H,4-7,15H2,1-3H3,(H,26,31). The first-order valence-electron chi connectivity index (χ1n) is 10.7. The number of ketones is 1. The van der Waals surface area contributed by atoms with Gasteiger partial charge in [0.1, 0.15) is 6.61 Å². The Morgan fingerprint density at radius 3 is 2.61 bits per heavy atom. The highest BCUT2D eigenvalue weighted by atomic mass is 32.1. The van der Waals surface area contributed by atoms with Crippen molar-refractivity contribution in [3.63, 3.8) is 0 Å². The highest BCUT2D eigenvalue weighted by molar-refractivity contribution is 7.80. The minimum atomic E-state index is -0.266. The molecule has 0 bridgehead atoms.